The summed E-state index contributed by atoms with van der Waals surface area (Å²) in [6.45, 7) is 80.1. The molecule has 0 radical (unpaired) electrons. The van der Waals surface area contributed by atoms with Gasteiger partial charge in [0, 0.05) is 50.9 Å². The van der Waals surface area contributed by atoms with E-state index in [0.29, 0.717) is 124 Å². The van der Waals surface area contributed by atoms with Crippen LogP contribution >= 0.6 is 0 Å². The molecule has 726 valence electrons. The number of rotatable bonds is 14. The monoisotopic (exact) mass is 1900 g/mol. The second kappa shape index (κ2) is 35.5. The Morgan fingerprint density at radius 3 is 0.590 bits per heavy atom. The third-order valence-corrected chi connectivity index (χ3v) is 26.1. The minimum atomic E-state index is -0.275. The van der Waals surface area contributed by atoms with Crippen molar-refractivity contribution in [2.24, 2.45) is 0 Å². The number of hydrogen-bond donors (Lipinski definition) is 1. The molecule has 139 heavy (non-hydrogen) atoms. The summed E-state index contributed by atoms with van der Waals surface area (Å²) in [4.78, 5) is 45.5. The summed E-state index contributed by atoms with van der Waals surface area (Å²) in [6, 6.07) is 63.5. The van der Waals surface area contributed by atoms with Gasteiger partial charge in [-0.25, -0.2) is 9.97 Å². The van der Waals surface area contributed by atoms with Gasteiger partial charge in [0.05, 0.1) is 23.3 Å². The van der Waals surface area contributed by atoms with Crippen LogP contribution in [0.3, 0.4) is 0 Å². The van der Waals surface area contributed by atoms with Crippen LogP contribution in [0, 0.1) is 0 Å². The fraction of sp³-hybridized carbons (Fsp3) is 0.393. The normalized spacial score (nSPS) is 13.2. The van der Waals surface area contributed by atoms with Crippen molar-refractivity contribution >= 4 is 44.1 Å². The molecule has 0 unspecified atom stereocenters. The predicted molar refractivity (Wildman–Crippen MR) is 566 cm³/mol. The van der Waals surface area contributed by atoms with E-state index in [4.69, 9.17) is 73.0 Å². The fourth-order valence-corrected chi connectivity index (χ4v) is 16.8. The molecule has 0 amide bonds. The van der Waals surface area contributed by atoms with E-state index < -0.39 is 0 Å². The first-order valence-corrected chi connectivity index (χ1v) is 48.6. The Morgan fingerprint density at radius 1 is 0.187 bits per heavy atom. The van der Waals surface area contributed by atoms with Gasteiger partial charge in [0.15, 0.2) is 34.5 Å². The zero-order valence-electron chi connectivity index (χ0n) is 88.6. The van der Waals surface area contributed by atoms with Crippen LogP contribution in [-0.2, 0) is 81.5 Å². The number of nitrogens with zero attached hydrogens (tertiary/aromatic N) is 8. The molecule has 17 heteroatoms. The molecule has 11 aromatic carbocycles. The molecule has 14 aromatic rings. The molecular weight excluding hydrogens is 1760 g/mol. The maximum Gasteiger partial charge on any atom is 2.00 e. The Balaban J connectivity index is 0.0000146. The average molecular weight is 1910 g/mol. The molecule has 0 saturated heterocycles. The fourth-order valence-electron chi connectivity index (χ4n) is 16.8. The van der Waals surface area contributed by atoms with Crippen molar-refractivity contribution in [1.29, 1.82) is 0 Å². The molecule has 2 aliphatic rings. The number of phenolic OH excluding ortho intramolecular Hbond substituents is 1. The molecule has 2 aliphatic heterocycles. The summed E-state index contributed by atoms with van der Waals surface area (Å²) >= 11 is 0. The Labute approximate surface area is 834 Å². The maximum absolute atomic E-state index is 10.9. The topological polar surface area (TPSA) is 190 Å². The number of aromatic hydroxyl groups is 1. The zero-order valence-corrected chi connectivity index (χ0v) is 89.6. The van der Waals surface area contributed by atoms with E-state index in [1.807, 2.05) is 54.6 Å². The molecule has 0 fully saturated rings. The molecular formula is C122H140N8NiO8. The smallest absolute Gasteiger partial charge is 0.508 e. The van der Waals surface area contributed by atoms with Gasteiger partial charge in [0.1, 0.15) is 51.7 Å². The number of aromatic nitrogens is 8. The Morgan fingerprint density at radius 2 is 0.381 bits per heavy atom. The molecule has 5 heterocycles. The van der Waals surface area contributed by atoms with Crippen molar-refractivity contribution in [1.82, 2.24) is 39.9 Å². The van der Waals surface area contributed by atoms with Crippen molar-refractivity contribution in [2.45, 2.75) is 314 Å². The van der Waals surface area contributed by atoms with Crippen LogP contribution in [0.1, 0.15) is 316 Å². The van der Waals surface area contributed by atoms with Gasteiger partial charge < -0.3 is 68.2 Å². The first kappa shape index (κ1) is 101. The van der Waals surface area contributed by atoms with E-state index in [0.717, 1.165) is 66.8 Å². The molecule has 0 aliphatic carbocycles. The third-order valence-electron chi connectivity index (χ3n) is 26.1. The van der Waals surface area contributed by atoms with E-state index in [-0.39, 0.29) is 133 Å². The van der Waals surface area contributed by atoms with Crippen LogP contribution in [-0.4, -0.2) is 35.0 Å². The number of benzene rings is 11. The van der Waals surface area contributed by atoms with Gasteiger partial charge in [-0.2, -0.15) is 0 Å². The van der Waals surface area contributed by atoms with Gasteiger partial charge in [-0.05, 0) is 293 Å². The first-order chi connectivity index (χ1) is 63.7. The summed E-state index contributed by atoms with van der Waals surface area (Å²) in [5, 5.41) is 13.1. The largest absolute Gasteiger partial charge is 2.00 e. The summed E-state index contributed by atoms with van der Waals surface area (Å²) in [6.07, 6.45) is 0. The number of ether oxygens (including phenoxy) is 7. The van der Waals surface area contributed by atoms with Crippen LogP contribution < -0.4 is 43.1 Å². The molecule has 0 atom stereocenters. The molecule has 16 nitrogen and oxygen atoms in total. The summed E-state index contributed by atoms with van der Waals surface area (Å²) in [5.74, 6) is 7.92. The van der Waals surface area contributed by atoms with Crippen molar-refractivity contribution in [3.05, 3.63) is 255 Å². The molecule has 16 rings (SSSR count). The summed E-state index contributed by atoms with van der Waals surface area (Å²) in [7, 11) is 0. The first-order valence-electron chi connectivity index (χ1n) is 48.6. The van der Waals surface area contributed by atoms with E-state index in [2.05, 4.69) is 358 Å². The quantitative estimate of drug-likeness (QED) is 0.101. The molecule has 3 aromatic heterocycles. The van der Waals surface area contributed by atoms with E-state index >= 15 is 0 Å². The third kappa shape index (κ3) is 22.1. The maximum atomic E-state index is 10.9. The summed E-state index contributed by atoms with van der Waals surface area (Å²) in [5.41, 5.74) is 13.2. The Bertz CT molecular complexity index is 7180. The Kier molecular flexibility index (Phi) is 25.8. The van der Waals surface area contributed by atoms with E-state index in [9.17, 15) is 5.11 Å². The van der Waals surface area contributed by atoms with Gasteiger partial charge in [-0.15, -0.1) is 0 Å². The SMILES string of the molecule is CC(C)(C)c1cc(Oc2cc3c(cc2Oc2cc(C(C)(C)C)cc(C(C)(C)C)c2)-c2nc-3nc3[n-]c(nc4nc(nc5[n-]c(n2)c2cc(Oc6cc(C(C)(C)C)cc(C(C)(C)C)c6)c(Oc6cc(C(C)(C)C)cc(C(C)(C)C)c6)cc52)-c2cc(Oc5cccc(O)c5)ccc2-4)c2cc(Oc4cc(C(C)(C)C)cc(C(C)(C)C)c4)c(Oc4cc(C(C)(C)C)cc(C(C)(C)C)c4)cc32)cc(C(C)(C)C)c1.[Ni+2]. The van der Waals surface area contributed by atoms with Gasteiger partial charge in [0.2, 0.25) is 0 Å². The second-order valence-electron chi connectivity index (χ2n) is 50.4. The zero-order chi connectivity index (χ0) is 100. The predicted octanol–water partition coefficient (Wildman–Crippen LogP) is 33.9. The number of hydrogen-bond acceptors (Lipinski definition) is 14. The molecule has 0 spiro atoms. The van der Waals surface area contributed by atoms with Gasteiger partial charge in [0.25, 0.3) is 0 Å². The minimum absolute atomic E-state index is 0. The van der Waals surface area contributed by atoms with Crippen LogP contribution in [0.2, 0.25) is 0 Å². The number of fused-ring (bicyclic) bond motifs is 20. The minimum Gasteiger partial charge on any atom is -0.508 e. The van der Waals surface area contributed by atoms with Crippen molar-refractivity contribution in [3.8, 4) is 132 Å². The van der Waals surface area contributed by atoms with E-state index in [1.54, 1.807) is 24.3 Å². The standard InChI is InChI=1S/C122H140N8O8.Ni/c1-111(2,3)68-42-69(112(4,5)6)49-83(48-68)133-97-62-91-92(63-98(97)134-84-50-70(113(7,8)9)43-71(51-84)114(10,11)12)107-126-105(91)124-103-89-41-40-82(132-81-39-37-38-80(131)60-81)61-90(89)104(123-103)125-106-93-64-99(135-85-52-72(115(13,14)15)44-73(53-85)116(16,17)18)100(136-86-54-74(117(19,20)21)45-75(55-86)118(22,23)24)65-94(93)108(127-106)129-110-96-67-102(138-88-58-78(121(31,32)33)47-79(59-88)122(34,35)36)101(66-95(96)109(128-107)130-110)137-87-56-76(119(25,26)27)46-77(57-87)120(28,29)30;/h37-67H,1-36H3,(H-2,123,124,125,126,127,128,129,130,131);/q-2;+2. The van der Waals surface area contributed by atoms with Crippen LogP contribution in [0.15, 0.2) is 188 Å². The van der Waals surface area contributed by atoms with E-state index in [1.165, 1.54) is 0 Å². The molecule has 0 saturated carbocycles. The number of phenols is 1. The second-order valence-corrected chi connectivity index (χ2v) is 50.4. The van der Waals surface area contributed by atoms with Crippen LogP contribution in [0.4, 0.5) is 0 Å². The van der Waals surface area contributed by atoms with Crippen LogP contribution in [0.25, 0.3) is 89.7 Å². The van der Waals surface area contributed by atoms with Crippen molar-refractivity contribution in [3.63, 3.8) is 0 Å². The van der Waals surface area contributed by atoms with Crippen molar-refractivity contribution in [2.75, 3.05) is 0 Å². The summed E-state index contributed by atoms with van der Waals surface area (Å²) < 4.78 is 51.8. The Hall–Kier alpha value is -12.3. The molecule has 8 bridgehead atoms. The van der Waals surface area contributed by atoms with Gasteiger partial charge >= 0.3 is 16.5 Å². The van der Waals surface area contributed by atoms with Gasteiger partial charge in [-0.1, -0.05) is 292 Å². The molecule has 1 N–H and O–H groups in total. The average Bonchev–Trinajstić information content (AvgIpc) is 1.59. The van der Waals surface area contributed by atoms with Crippen LogP contribution in [0.5, 0.6) is 86.2 Å². The van der Waals surface area contributed by atoms with Crippen molar-refractivity contribution < 1.29 is 54.8 Å². The van der Waals surface area contributed by atoms with Gasteiger partial charge in [-0.3, -0.25) is 0 Å².